The van der Waals surface area contributed by atoms with E-state index >= 15 is 0 Å². The molecule has 2 N–H and O–H groups in total. The van der Waals surface area contributed by atoms with Crippen LogP contribution in [0.1, 0.15) is 58.1 Å². The Balaban J connectivity index is 3.06. The lowest BCUT2D eigenvalue weighted by molar-refractivity contribution is -0.140. The third-order valence-electron chi connectivity index (χ3n) is 4.36. The van der Waals surface area contributed by atoms with Gasteiger partial charge in [0.05, 0.1) is 0 Å². The second-order valence-electron chi connectivity index (χ2n) is 6.12. The molecule has 0 aromatic heterocycles. The molecular weight excluding hydrogens is 248 g/mol. The fourth-order valence-electron chi connectivity index (χ4n) is 2.54. The highest BCUT2D eigenvalue weighted by Gasteiger charge is 2.47. The average Bonchev–Trinajstić information content (AvgIpc) is 2.47. The van der Waals surface area contributed by atoms with E-state index in [4.69, 9.17) is 0 Å². The van der Waals surface area contributed by atoms with E-state index in [0.717, 1.165) is 24.8 Å². The first kappa shape index (κ1) is 16.9. The zero-order valence-electron chi connectivity index (χ0n) is 13.0. The summed E-state index contributed by atoms with van der Waals surface area (Å²) in [5, 5.41) is 21.9. The number of hydrogen-bond donors (Lipinski definition) is 2. The Morgan fingerprint density at radius 1 is 1.20 bits per heavy atom. The highest BCUT2D eigenvalue weighted by atomic mass is 16.3. The Morgan fingerprint density at radius 2 is 1.80 bits per heavy atom. The van der Waals surface area contributed by atoms with E-state index in [-0.39, 0.29) is 0 Å². The van der Waals surface area contributed by atoms with Crippen LogP contribution in [0.3, 0.4) is 0 Å². The number of unbranched alkanes of at least 4 members (excludes halogenated alkanes) is 2. The number of hydrogen-bond acceptors (Lipinski definition) is 2. The van der Waals surface area contributed by atoms with Gasteiger partial charge in [-0.15, -0.1) is 6.58 Å². The Kier molecular flexibility index (Phi) is 5.97. The molecule has 1 aromatic carbocycles. The summed E-state index contributed by atoms with van der Waals surface area (Å²) in [5.74, 6) is 0. The molecule has 0 saturated heterocycles. The lowest BCUT2D eigenvalue weighted by Gasteiger charge is -2.44. The van der Waals surface area contributed by atoms with Crippen LogP contribution in [-0.4, -0.2) is 15.8 Å². The van der Waals surface area contributed by atoms with Crippen LogP contribution in [0, 0.1) is 5.41 Å². The van der Waals surface area contributed by atoms with Crippen molar-refractivity contribution in [3.63, 3.8) is 0 Å². The van der Waals surface area contributed by atoms with Crippen LogP contribution in [0.25, 0.3) is 0 Å². The molecule has 0 radical (unpaired) electrons. The van der Waals surface area contributed by atoms with E-state index in [0.29, 0.717) is 6.42 Å². The summed E-state index contributed by atoms with van der Waals surface area (Å²) in [6.45, 7) is 9.82. The van der Waals surface area contributed by atoms with E-state index in [2.05, 4.69) is 13.5 Å². The monoisotopic (exact) mass is 276 g/mol. The van der Waals surface area contributed by atoms with Gasteiger partial charge in [-0.2, -0.15) is 0 Å². The fraction of sp³-hybridized carbons (Fsp3) is 0.556. The Labute approximate surface area is 123 Å². The van der Waals surface area contributed by atoms with Crippen LogP contribution in [0.4, 0.5) is 0 Å². The van der Waals surface area contributed by atoms with E-state index in [1.165, 1.54) is 0 Å². The maximum absolute atomic E-state index is 11.2. The average molecular weight is 276 g/mol. The Bertz CT molecular complexity index is 411. The van der Waals surface area contributed by atoms with Crippen LogP contribution in [0.15, 0.2) is 43.0 Å². The minimum absolute atomic E-state index is 0.560. The molecule has 2 atom stereocenters. The van der Waals surface area contributed by atoms with Crippen molar-refractivity contribution in [2.75, 3.05) is 0 Å². The Hall–Kier alpha value is -1.12. The van der Waals surface area contributed by atoms with Crippen LogP contribution < -0.4 is 0 Å². The first-order valence-electron chi connectivity index (χ1n) is 7.48. The van der Waals surface area contributed by atoms with Gasteiger partial charge in [0.15, 0.2) is 0 Å². The van der Waals surface area contributed by atoms with E-state index < -0.39 is 17.1 Å². The standard InChI is InChI=1S/C18H28O2/c1-5-7-11-14-18(20,17(3,4)6-2)16(19)15-12-9-8-10-13-15/h6,8-10,12-13,16,19-20H,2,5,7,11,14H2,1,3-4H3/t16-,18-/m0/s1. The van der Waals surface area contributed by atoms with E-state index in [1.807, 2.05) is 44.2 Å². The molecular formula is C18H28O2. The molecule has 1 rings (SSSR count). The van der Waals surface area contributed by atoms with Gasteiger partial charge in [0.1, 0.15) is 11.7 Å². The number of benzene rings is 1. The van der Waals surface area contributed by atoms with Crippen LogP contribution >= 0.6 is 0 Å². The van der Waals surface area contributed by atoms with E-state index in [1.54, 1.807) is 6.08 Å². The molecule has 1 aromatic rings. The largest absolute Gasteiger partial charge is 0.386 e. The van der Waals surface area contributed by atoms with Crippen LogP contribution in [0.5, 0.6) is 0 Å². The summed E-state index contributed by atoms with van der Waals surface area (Å²) in [4.78, 5) is 0. The summed E-state index contributed by atoms with van der Waals surface area (Å²) >= 11 is 0. The highest BCUT2D eigenvalue weighted by molar-refractivity contribution is 5.23. The molecule has 20 heavy (non-hydrogen) atoms. The summed E-state index contributed by atoms with van der Waals surface area (Å²) < 4.78 is 0. The third kappa shape index (κ3) is 3.50. The second-order valence-corrected chi connectivity index (χ2v) is 6.12. The van der Waals surface area contributed by atoms with Gasteiger partial charge in [-0.25, -0.2) is 0 Å². The van der Waals surface area contributed by atoms with Crippen molar-refractivity contribution in [3.8, 4) is 0 Å². The van der Waals surface area contributed by atoms with Crippen molar-refractivity contribution < 1.29 is 10.2 Å². The fourth-order valence-corrected chi connectivity index (χ4v) is 2.54. The molecule has 0 fully saturated rings. The third-order valence-corrected chi connectivity index (χ3v) is 4.36. The molecule has 2 heteroatoms. The molecule has 0 amide bonds. The second kappa shape index (κ2) is 7.05. The zero-order valence-corrected chi connectivity index (χ0v) is 13.0. The minimum Gasteiger partial charge on any atom is -0.386 e. The van der Waals surface area contributed by atoms with E-state index in [9.17, 15) is 10.2 Å². The van der Waals surface area contributed by atoms with Crippen molar-refractivity contribution >= 4 is 0 Å². The number of aliphatic hydroxyl groups excluding tert-OH is 1. The van der Waals surface area contributed by atoms with Gasteiger partial charge in [0, 0.05) is 5.41 Å². The first-order chi connectivity index (χ1) is 9.39. The smallest absolute Gasteiger partial charge is 0.108 e. The maximum atomic E-state index is 11.2. The zero-order chi connectivity index (χ0) is 15.2. The topological polar surface area (TPSA) is 40.5 Å². The van der Waals surface area contributed by atoms with Gasteiger partial charge >= 0.3 is 0 Å². The lowest BCUT2D eigenvalue weighted by Crippen LogP contribution is -2.48. The van der Waals surface area contributed by atoms with Crippen molar-refractivity contribution in [1.82, 2.24) is 0 Å². The molecule has 0 aliphatic heterocycles. The normalized spacial score (nSPS) is 16.4. The summed E-state index contributed by atoms with van der Waals surface area (Å²) in [5.41, 5.74) is -1.01. The van der Waals surface area contributed by atoms with Gasteiger partial charge < -0.3 is 10.2 Å². The summed E-state index contributed by atoms with van der Waals surface area (Å²) in [7, 11) is 0. The molecule has 0 spiro atoms. The number of rotatable bonds is 8. The quantitative estimate of drug-likeness (QED) is 0.550. The highest BCUT2D eigenvalue weighted by Crippen LogP contribution is 2.44. The van der Waals surface area contributed by atoms with Gasteiger partial charge in [-0.3, -0.25) is 0 Å². The van der Waals surface area contributed by atoms with Crippen molar-refractivity contribution in [2.24, 2.45) is 5.41 Å². The molecule has 0 saturated carbocycles. The SMILES string of the molecule is C=CC(C)(C)[C@](O)(CCCCC)[C@@H](O)c1ccccc1. The van der Waals surface area contributed by atoms with Crippen LogP contribution in [-0.2, 0) is 0 Å². The van der Waals surface area contributed by atoms with Gasteiger partial charge in [0.25, 0.3) is 0 Å². The van der Waals surface area contributed by atoms with Crippen LogP contribution in [0.2, 0.25) is 0 Å². The maximum Gasteiger partial charge on any atom is 0.108 e. The van der Waals surface area contributed by atoms with Gasteiger partial charge in [0.2, 0.25) is 0 Å². The molecule has 0 heterocycles. The lowest BCUT2D eigenvalue weighted by atomic mass is 9.67. The number of aliphatic hydroxyl groups is 2. The Morgan fingerprint density at radius 3 is 2.30 bits per heavy atom. The molecule has 0 aliphatic carbocycles. The molecule has 2 nitrogen and oxygen atoms in total. The van der Waals surface area contributed by atoms with Crippen molar-refractivity contribution in [3.05, 3.63) is 48.6 Å². The predicted octanol–water partition coefficient (Wildman–Crippen LogP) is 4.24. The van der Waals surface area contributed by atoms with Crippen molar-refractivity contribution in [1.29, 1.82) is 0 Å². The molecule has 0 unspecified atom stereocenters. The summed E-state index contributed by atoms with van der Waals surface area (Å²) in [6.07, 6.45) is 4.44. The minimum atomic E-state index is -1.20. The van der Waals surface area contributed by atoms with Crippen molar-refractivity contribution in [2.45, 2.75) is 58.2 Å². The molecule has 112 valence electrons. The van der Waals surface area contributed by atoms with Gasteiger partial charge in [-0.05, 0) is 12.0 Å². The molecule has 0 aliphatic rings. The van der Waals surface area contributed by atoms with Gasteiger partial charge in [-0.1, -0.05) is 76.4 Å². The predicted molar refractivity (Wildman–Crippen MR) is 84.5 cm³/mol. The molecule has 0 bridgehead atoms. The first-order valence-corrected chi connectivity index (χ1v) is 7.48. The summed E-state index contributed by atoms with van der Waals surface area (Å²) in [6, 6.07) is 9.38.